The summed E-state index contributed by atoms with van der Waals surface area (Å²) in [6.07, 6.45) is 4.06. The SMILES string of the molecule is CCCS(=O)(=O)N1CCC[C@H]1C(=O)N[C@@H]1CCCN(CC)C1. The molecule has 0 saturated carbocycles. The molecule has 0 aromatic carbocycles. The Kier molecular flexibility index (Phi) is 6.23. The highest BCUT2D eigenvalue weighted by atomic mass is 32.2. The van der Waals surface area contributed by atoms with Crippen molar-refractivity contribution in [3.8, 4) is 0 Å². The van der Waals surface area contributed by atoms with Gasteiger partial charge in [0.2, 0.25) is 15.9 Å². The van der Waals surface area contributed by atoms with E-state index in [1.54, 1.807) is 0 Å². The molecule has 1 amide bonds. The van der Waals surface area contributed by atoms with Crippen LogP contribution in [0.25, 0.3) is 0 Å². The third-order valence-electron chi connectivity index (χ3n) is 4.62. The number of sulfonamides is 1. The Morgan fingerprint density at radius 3 is 2.59 bits per heavy atom. The summed E-state index contributed by atoms with van der Waals surface area (Å²) in [7, 11) is -3.30. The molecule has 0 aliphatic carbocycles. The fourth-order valence-electron chi connectivity index (χ4n) is 3.47. The number of hydrogen-bond acceptors (Lipinski definition) is 4. The van der Waals surface area contributed by atoms with E-state index < -0.39 is 16.1 Å². The summed E-state index contributed by atoms with van der Waals surface area (Å²) in [5.74, 6) is 0.0178. The van der Waals surface area contributed by atoms with Gasteiger partial charge in [0.1, 0.15) is 6.04 Å². The van der Waals surface area contributed by atoms with Gasteiger partial charge >= 0.3 is 0 Å². The molecule has 2 aliphatic heterocycles. The molecule has 1 N–H and O–H groups in total. The first-order valence-corrected chi connectivity index (χ1v) is 10.1. The first-order chi connectivity index (χ1) is 10.5. The van der Waals surface area contributed by atoms with Crippen LogP contribution in [0.4, 0.5) is 0 Å². The van der Waals surface area contributed by atoms with Crippen molar-refractivity contribution in [2.24, 2.45) is 0 Å². The van der Waals surface area contributed by atoms with E-state index in [9.17, 15) is 13.2 Å². The molecule has 0 bridgehead atoms. The molecule has 0 unspecified atom stereocenters. The Balaban J connectivity index is 1.96. The molecule has 2 saturated heterocycles. The van der Waals surface area contributed by atoms with Gasteiger partial charge < -0.3 is 10.2 Å². The second-order valence-electron chi connectivity index (χ2n) is 6.33. The molecular weight excluding hydrogens is 302 g/mol. The molecule has 2 fully saturated rings. The minimum absolute atomic E-state index is 0.111. The molecule has 22 heavy (non-hydrogen) atoms. The Hall–Kier alpha value is -0.660. The summed E-state index contributed by atoms with van der Waals surface area (Å²) in [6.45, 7) is 7.41. The number of amides is 1. The number of nitrogens with one attached hydrogen (secondary N) is 1. The third kappa shape index (κ3) is 4.20. The van der Waals surface area contributed by atoms with Crippen molar-refractivity contribution in [1.82, 2.24) is 14.5 Å². The van der Waals surface area contributed by atoms with Crippen LogP contribution >= 0.6 is 0 Å². The minimum atomic E-state index is -3.30. The molecular formula is C15H29N3O3S. The molecule has 7 heteroatoms. The van der Waals surface area contributed by atoms with E-state index in [1.165, 1.54) is 4.31 Å². The summed E-state index contributed by atoms with van der Waals surface area (Å²) in [5, 5.41) is 3.08. The predicted molar refractivity (Wildman–Crippen MR) is 87.1 cm³/mol. The monoisotopic (exact) mass is 331 g/mol. The summed E-state index contributed by atoms with van der Waals surface area (Å²) in [4.78, 5) is 14.9. The molecule has 6 nitrogen and oxygen atoms in total. The zero-order valence-corrected chi connectivity index (χ0v) is 14.6. The van der Waals surface area contributed by atoms with Crippen molar-refractivity contribution in [2.45, 2.75) is 58.0 Å². The summed E-state index contributed by atoms with van der Waals surface area (Å²) in [5.41, 5.74) is 0. The molecule has 0 aromatic heterocycles. The molecule has 0 aromatic rings. The molecule has 2 rings (SSSR count). The molecule has 0 radical (unpaired) electrons. The van der Waals surface area contributed by atoms with Crippen molar-refractivity contribution in [3.63, 3.8) is 0 Å². The first kappa shape index (κ1) is 17.7. The van der Waals surface area contributed by atoms with E-state index in [2.05, 4.69) is 17.1 Å². The lowest BCUT2D eigenvalue weighted by molar-refractivity contribution is -0.125. The lowest BCUT2D eigenvalue weighted by atomic mass is 10.1. The van der Waals surface area contributed by atoms with Gasteiger partial charge in [-0.1, -0.05) is 13.8 Å². The van der Waals surface area contributed by atoms with Crippen molar-refractivity contribution in [3.05, 3.63) is 0 Å². The summed E-state index contributed by atoms with van der Waals surface area (Å²) in [6, 6.07) is -0.355. The number of hydrogen-bond donors (Lipinski definition) is 1. The number of nitrogens with zero attached hydrogens (tertiary/aromatic N) is 2. The largest absolute Gasteiger partial charge is 0.351 e. The average Bonchev–Trinajstić information content (AvgIpc) is 2.98. The Bertz CT molecular complexity index is 480. The van der Waals surface area contributed by atoms with Gasteiger partial charge in [0.25, 0.3) is 0 Å². The van der Waals surface area contributed by atoms with Gasteiger partial charge in [0.05, 0.1) is 5.75 Å². The van der Waals surface area contributed by atoms with Gasteiger partial charge in [-0.2, -0.15) is 4.31 Å². The zero-order chi connectivity index (χ0) is 16.2. The number of likely N-dealkylation sites (N-methyl/N-ethyl adjacent to an activating group) is 1. The van der Waals surface area contributed by atoms with Gasteiger partial charge in [0.15, 0.2) is 0 Å². The first-order valence-electron chi connectivity index (χ1n) is 8.50. The second kappa shape index (κ2) is 7.75. The highest BCUT2D eigenvalue weighted by Gasteiger charge is 2.38. The summed E-state index contributed by atoms with van der Waals surface area (Å²) >= 11 is 0. The molecule has 2 aliphatic rings. The van der Waals surface area contributed by atoms with Crippen LogP contribution in [0, 0.1) is 0 Å². The van der Waals surface area contributed by atoms with E-state index in [4.69, 9.17) is 0 Å². The minimum Gasteiger partial charge on any atom is -0.351 e. The van der Waals surface area contributed by atoms with Crippen molar-refractivity contribution in [2.75, 3.05) is 31.9 Å². The quantitative estimate of drug-likeness (QED) is 0.781. The van der Waals surface area contributed by atoms with Crippen LogP contribution in [0.1, 0.15) is 46.0 Å². The van der Waals surface area contributed by atoms with E-state index in [0.29, 0.717) is 19.4 Å². The predicted octanol–water partition coefficient (Wildman–Crippen LogP) is 0.791. The van der Waals surface area contributed by atoms with Crippen molar-refractivity contribution < 1.29 is 13.2 Å². The van der Waals surface area contributed by atoms with Crippen LogP contribution in [0.2, 0.25) is 0 Å². The van der Waals surface area contributed by atoms with E-state index in [1.807, 2.05) is 6.92 Å². The highest BCUT2D eigenvalue weighted by molar-refractivity contribution is 7.89. The van der Waals surface area contributed by atoms with E-state index >= 15 is 0 Å². The normalized spacial score (nSPS) is 27.9. The number of piperidine rings is 1. The van der Waals surface area contributed by atoms with Crippen molar-refractivity contribution in [1.29, 1.82) is 0 Å². The maximum Gasteiger partial charge on any atom is 0.238 e. The van der Waals surface area contributed by atoms with E-state index in [-0.39, 0.29) is 17.7 Å². The fraction of sp³-hybridized carbons (Fsp3) is 0.933. The highest BCUT2D eigenvalue weighted by Crippen LogP contribution is 2.22. The standard InChI is InChI=1S/C15H29N3O3S/c1-3-11-22(20,21)18-10-6-8-14(18)15(19)16-13-7-5-9-17(4-2)12-13/h13-14H,3-12H2,1-2H3,(H,16,19)/t13-,14+/m1/s1. The van der Waals surface area contributed by atoms with E-state index in [0.717, 1.165) is 38.9 Å². The van der Waals surface area contributed by atoms with Crippen LogP contribution in [-0.4, -0.2) is 67.5 Å². The maximum absolute atomic E-state index is 12.5. The Labute approximate surface area is 134 Å². The molecule has 128 valence electrons. The smallest absolute Gasteiger partial charge is 0.238 e. The number of carbonyl (C=O) groups excluding carboxylic acids is 1. The van der Waals surface area contributed by atoms with Crippen LogP contribution in [0.3, 0.4) is 0 Å². The van der Waals surface area contributed by atoms with Crippen LogP contribution < -0.4 is 5.32 Å². The van der Waals surface area contributed by atoms with Crippen LogP contribution in [0.15, 0.2) is 0 Å². The van der Waals surface area contributed by atoms with Crippen molar-refractivity contribution >= 4 is 15.9 Å². The third-order valence-corrected chi connectivity index (χ3v) is 6.70. The van der Waals surface area contributed by atoms with Gasteiger partial charge in [-0.15, -0.1) is 0 Å². The number of carbonyl (C=O) groups is 1. The summed E-state index contributed by atoms with van der Waals surface area (Å²) < 4.78 is 26.0. The molecule has 0 spiro atoms. The number of rotatable bonds is 6. The van der Waals surface area contributed by atoms with Crippen LogP contribution in [0.5, 0.6) is 0 Å². The van der Waals surface area contributed by atoms with Gasteiger partial charge in [-0.3, -0.25) is 4.79 Å². The molecule has 2 atom stereocenters. The topological polar surface area (TPSA) is 69.7 Å². The van der Waals surface area contributed by atoms with Gasteiger partial charge in [-0.05, 0) is 45.2 Å². The van der Waals surface area contributed by atoms with Gasteiger partial charge in [-0.25, -0.2) is 8.42 Å². The lowest BCUT2D eigenvalue weighted by Crippen LogP contribution is -2.53. The molecule has 2 heterocycles. The average molecular weight is 331 g/mol. The zero-order valence-electron chi connectivity index (χ0n) is 13.8. The second-order valence-corrected chi connectivity index (χ2v) is 8.37. The van der Waals surface area contributed by atoms with Gasteiger partial charge in [0, 0.05) is 19.1 Å². The number of likely N-dealkylation sites (tertiary alicyclic amines) is 1. The maximum atomic E-state index is 12.5. The van der Waals surface area contributed by atoms with Crippen LogP contribution in [-0.2, 0) is 14.8 Å². The Morgan fingerprint density at radius 1 is 1.18 bits per heavy atom. The lowest BCUT2D eigenvalue weighted by Gasteiger charge is -2.33. The Morgan fingerprint density at radius 2 is 1.91 bits per heavy atom. The fourth-order valence-corrected chi connectivity index (χ4v) is 5.21.